The van der Waals surface area contributed by atoms with Gasteiger partial charge in [-0.05, 0) is 43.4 Å². The number of H-pyrrole nitrogens is 1. The maximum atomic E-state index is 13.1. The van der Waals surface area contributed by atoms with Crippen LogP contribution in [-0.4, -0.2) is 10.8 Å². The Morgan fingerprint density at radius 1 is 1.10 bits per heavy atom. The molecule has 2 unspecified atom stereocenters. The van der Waals surface area contributed by atoms with E-state index in [0.717, 1.165) is 28.9 Å². The Morgan fingerprint density at radius 3 is 2.19 bits per heavy atom. The molecule has 2 aromatic rings. The van der Waals surface area contributed by atoms with Crippen LogP contribution in [0.5, 0.6) is 0 Å². The lowest BCUT2D eigenvalue weighted by Gasteiger charge is -2.22. The zero-order valence-electron chi connectivity index (χ0n) is 13.7. The zero-order valence-corrected chi connectivity index (χ0v) is 13.7. The average molecular weight is 283 g/mol. The minimum Gasteiger partial charge on any atom is -0.356 e. The summed E-state index contributed by atoms with van der Waals surface area (Å²) in [5.41, 5.74) is 5.25. The number of nitrogens with one attached hydrogen (secondary N) is 1. The van der Waals surface area contributed by atoms with Gasteiger partial charge in [0.2, 0.25) is 0 Å². The Morgan fingerprint density at radius 2 is 1.71 bits per heavy atom. The molecule has 2 nitrogen and oxygen atoms in total. The summed E-state index contributed by atoms with van der Waals surface area (Å²) in [6.07, 6.45) is 0.989. The molecule has 1 aromatic carbocycles. The standard InChI is InChI=1S/C19H25NO/c1-6-12(2)17(16-10-8-7-9-11-16)19(21)18-14(4)13(3)15(5)20-18/h7-12,17,20H,6H2,1-5H3. The van der Waals surface area contributed by atoms with Gasteiger partial charge in [0, 0.05) is 5.69 Å². The van der Waals surface area contributed by atoms with Crippen molar-refractivity contribution in [2.75, 3.05) is 0 Å². The molecule has 0 radical (unpaired) electrons. The number of benzene rings is 1. The summed E-state index contributed by atoms with van der Waals surface area (Å²) in [5, 5.41) is 0. The number of carbonyl (C=O) groups is 1. The lowest BCUT2D eigenvalue weighted by molar-refractivity contribution is 0.0927. The van der Waals surface area contributed by atoms with Crippen LogP contribution < -0.4 is 0 Å². The van der Waals surface area contributed by atoms with Crippen molar-refractivity contribution in [3.63, 3.8) is 0 Å². The maximum absolute atomic E-state index is 13.1. The van der Waals surface area contributed by atoms with Crippen molar-refractivity contribution in [2.24, 2.45) is 5.92 Å². The summed E-state index contributed by atoms with van der Waals surface area (Å²) in [6, 6.07) is 10.1. The van der Waals surface area contributed by atoms with E-state index in [1.54, 1.807) is 0 Å². The topological polar surface area (TPSA) is 32.9 Å². The molecule has 0 saturated heterocycles. The van der Waals surface area contributed by atoms with Gasteiger partial charge in [-0.1, -0.05) is 50.6 Å². The van der Waals surface area contributed by atoms with E-state index >= 15 is 0 Å². The number of rotatable bonds is 5. The molecule has 0 bridgehead atoms. The summed E-state index contributed by atoms with van der Waals surface area (Å²) in [4.78, 5) is 16.4. The number of hydrogen-bond acceptors (Lipinski definition) is 1. The van der Waals surface area contributed by atoms with Crippen molar-refractivity contribution in [1.82, 2.24) is 4.98 Å². The fourth-order valence-electron chi connectivity index (χ4n) is 2.88. The highest BCUT2D eigenvalue weighted by Crippen LogP contribution is 2.32. The van der Waals surface area contributed by atoms with Crippen molar-refractivity contribution in [3.05, 3.63) is 58.4 Å². The predicted octanol–water partition coefficient (Wildman–Crippen LogP) is 4.95. The van der Waals surface area contributed by atoms with E-state index < -0.39 is 0 Å². The second-order valence-corrected chi connectivity index (χ2v) is 6.01. The number of hydrogen-bond donors (Lipinski definition) is 1. The number of aromatic amines is 1. The zero-order chi connectivity index (χ0) is 15.6. The van der Waals surface area contributed by atoms with E-state index in [1.165, 1.54) is 5.56 Å². The van der Waals surface area contributed by atoms with E-state index in [4.69, 9.17) is 0 Å². The molecule has 2 heteroatoms. The molecule has 1 aromatic heterocycles. The molecule has 21 heavy (non-hydrogen) atoms. The minimum atomic E-state index is -0.0765. The molecule has 2 rings (SSSR count). The van der Waals surface area contributed by atoms with Crippen LogP contribution >= 0.6 is 0 Å². The van der Waals surface area contributed by atoms with Crippen molar-refractivity contribution in [1.29, 1.82) is 0 Å². The van der Waals surface area contributed by atoms with E-state index in [2.05, 4.69) is 37.9 Å². The fraction of sp³-hybridized carbons (Fsp3) is 0.421. The molecular formula is C19H25NO. The summed E-state index contributed by atoms with van der Waals surface area (Å²) in [5.74, 6) is 0.458. The number of Topliss-reactive ketones (excluding diaryl/α,β-unsaturated/α-hetero) is 1. The minimum absolute atomic E-state index is 0.0765. The summed E-state index contributed by atoms with van der Waals surface area (Å²) in [6.45, 7) is 10.4. The number of aromatic nitrogens is 1. The van der Waals surface area contributed by atoms with Gasteiger partial charge in [0.25, 0.3) is 0 Å². The van der Waals surface area contributed by atoms with Crippen LogP contribution in [0.15, 0.2) is 30.3 Å². The first kappa shape index (κ1) is 15.6. The monoisotopic (exact) mass is 283 g/mol. The molecular weight excluding hydrogens is 258 g/mol. The van der Waals surface area contributed by atoms with Gasteiger partial charge < -0.3 is 4.98 Å². The smallest absolute Gasteiger partial charge is 0.186 e. The van der Waals surface area contributed by atoms with Crippen molar-refractivity contribution < 1.29 is 4.79 Å². The fourth-order valence-corrected chi connectivity index (χ4v) is 2.88. The van der Waals surface area contributed by atoms with Gasteiger partial charge in [-0.3, -0.25) is 4.79 Å². The Balaban J connectivity index is 2.46. The molecule has 0 saturated carbocycles. The van der Waals surface area contributed by atoms with Crippen molar-refractivity contribution >= 4 is 5.78 Å². The van der Waals surface area contributed by atoms with Crippen LogP contribution in [0, 0.1) is 26.7 Å². The Hall–Kier alpha value is -1.83. The highest BCUT2D eigenvalue weighted by molar-refractivity contribution is 6.01. The summed E-state index contributed by atoms with van der Waals surface area (Å²) < 4.78 is 0. The van der Waals surface area contributed by atoms with Gasteiger partial charge in [0.1, 0.15) is 0 Å². The van der Waals surface area contributed by atoms with E-state index in [0.29, 0.717) is 5.92 Å². The van der Waals surface area contributed by atoms with Crippen molar-refractivity contribution in [3.8, 4) is 0 Å². The Bertz CT molecular complexity index is 625. The molecule has 0 spiro atoms. The molecule has 2 atom stereocenters. The summed E-state index contributed by atoms with van der Waals surface area (Å²) in [7, 11) is 0. The van der Waals surface area contributed by atoms with Gasteiger partial charge in [0.05, 0.1) is 11.6 Å². The normalized spacial score (nSPS) is 14.0. The lowest BCUT2D eigenvalue weighted by Crippen LogP contribution is -2.21. The first-order valence-electron chi connectivity index (χ1n) is 7.72. The highest BCUT2D eigenvalue weighted by atomic mass is 16.1. The lowest BCUT2D eigenvalue weighted by atomic mass is 9.81. The van der Waals surface area contributed by atoms with E-state index in [1.807, 2.05) is 32.0 Å². The van der Waals surface area contributed by atoms with E-state index in [9.17, 15) is 4.79 Å². The van der Waals surface area contributed by atoms with Gasteiger partial charge in [-0.2, -0.15) is 0 Å². The molecule has 1 N–H and O–H groups in total. The number of carbonyl (C=O) groups excluding carboxylic acids is 1. The van der Waals surface area contributed by atoms with Crippen LogP contribution in [0.1, 0.15) is 59.1 Å². The molecule has 0 aliphatic carbocycles. The largest absolute Gasteiger partial charge is 0.356 e. The third kappa shape index (κ3) is 2.94. The van der Waals surface area contributed by atoms with Crippen molar-refractivity contribution in [2.45, 2.75) is 47.0 Å². The van der Waals surface area contributed by atoms with Gasteiger partial charge in [-0.15, -0.1) is 0 Å². The van der Waals surface area contributed by atoms with Crippen LogP contribution in [0.3, 0.4) is 0 Å². The highest BCUT2D eigenvalue weighted by Gasteiger charge is 2.29. The van der Waals surface area contributed by atoms with Gasteiger partial charge >= 0.3 is 0 Å². The first-order chi connectivity index (χ1) is 9.97. The first-order valence-corrected chi connectivity index (χ1v) is 7.72. The Labute approximate surface area is 127 Å². The summed E-state index contributed by atoms with van der Waals surface area (Å²) >= 11 is 0. The number of aryl methyl sites for hydroxylation is 1. The van der Waals surface area contributed by atoms with Crippen LogP contribution in [0.2, 0.25) is 0 Å². The predicted molar refractivity (Wildman–Crippen MR) is 88.0 cm³/mol. The molecule has 0 aliphatic rings. The molecule has 0 aliphatic heterocycles. The van der Waals surface area contributed by atoms with Gasteiger partial charge in [0.15, 0.2) is 5.78 Å². The average Bonchev–Trinajstić information content (AvgIpc) is 2.76. The molecule has 1 heterocycles. The SMILES string of the molecule is CCC(C)C(C(=O)c1[nH]c(C)c(C)c1C)c1ccccc1. The quantitative estimate of drug-likeness (QED) is 0.773. The van der Waals surface area contributed by atoms with Crippen LogP contribution in [-0.2, 0) is 0 Å². The van der Waals surface area contributed by atoms with Crippen LogP contribution in [0.4, 0.5) is 0 Å². The molecule has 0 amide bonds. The molecule has 0 fully saturated rings. The third-order valence-electron chi connectivity index (χ3n) is 4.71. The Kier molecular flexibility index (Phi) is 4.66. The van der Waals surface area contributed by atoms with Gasteiger partial charge in [-0.25, -0.2) is 0 Å². The number of ketones is 1. The second kappa shape index (κ2) is 6.30. The van der Waals surface area contributed by atoms with Crippen LogP contribution in [0.25, 0.3) is 0 Å². The second-order valence-electron chi connectivity index (χ2n) is 6.01. The molecule has 112 valence electrons. The maximum Gasteiger partial charge on any atom is 0.186 e. The third-order valence-corrected chi connectivity index (χ3v) is 4.71. The van der Waals surface area contributed by atoms with E-state index in [-0.39, 0.29) is 11.7 Å².